The Hall–Kier alpha value is -1.99. The molecule has 114 valence electrons. The van der Waals surface area contributed by atoms with Gasteiger partial charge in [0.05, 0.1) is 12.0 Å². The number of amides is 1. The maximum atomic E-state index is 12.3. The third-order valence-corrected chi connectivity index (χ3v) is 4.57. The van der Waals surface area contributed by atoms with E-state index in [9.17, 15) is 4.79 Å². The molecule has 22 heavy (non-hydrogen) atoms. The number of fused-ring (bicyclic) bond motifs is 1. The van der Waals surface area contributed by atoms with Crippen LogP contribution in [0.2, 0.25) is 0 Å². The Bertz CT molecular complexity index is 699. The highest BCUT2D eigenvalue weighted by Gasteiger charge is 2.31. The molecule has 0 bridgehead atoms. The summed E-state index contributed by atoms with van der Waals surface area (Å²) in [5.41, 5.74) is 0.742. The van der Waals surface area contributed by atoms with E-state index in [0.29, 0.717) is 33.0 Å². The van der Waals surface area contributed by atoms with Crippen LogP contribution in [0.1, 0.15) is 5.56 Å². The molecule has 1 saturated heterocycles. The molecule has 0 spiro atoms. The van der Waals surface area contributed by atoms with Gasteiger partial charge in [0, 0.05) is 18.2 Å². The van der Waals surface area contributed by atoms with E-state index in [1.54, 1.807) is 31.4 Å². The molecule has 7 heteroatoms. The maximum absolute atomic E-state index is 12.3. The predicted octanol–water partition coefficient (Wildman–Crippen LogP) is 2.81. The second-order valence-corrected chi connectivity index (χ2v) is 6.20. The van der Waals surface area contributed by atoms with Gasteiger partial charge < -0.3 is 14.2 Å². The van der Waals surface area contributed by atoms with Gasteiger partial charge in [-0.15, -0.1) is 6.58 Å². The zero-order chi connectivity index (χ0) is 15.7. The van der Waals surface area contributed by atoms with Crippen molar-refractivity contribution in [3.8, 4) is 17.2 Å². The summed E-state index contributed by atoms with van der Waals surface area (Å²) in [5.74, 6) is 1.75. The van der Waals surface area contributed by atoms with Crippen molar-refractivity contribution in [3.05, 3.63) is 35.3 Å². The summed E-state index contributed by atoms with van der Waals surface area (Å²) in [4.78, 5) is 14.4. The van der Waals surface area contributed by atoms with Gasteiger partial charge in [0.25, 0.3) is 5.91 Å². The van der Waals surface area contributed by atoms with E-state index in [4.69, 9.17) is 26.4 Å². The fourth-order valence-electron chi connectivity index (χ4n) is 2.16. The van der Waals surface area contributed by atoms with E-state index < -0.39 is 0 Å². The Morgan fingerprint density at radius 3 is 2.86 bits per heavy atom. The number of rotatable bonds is 4. The van der Waals surface area contributed by atoms with Gasteiger partial charge in [0.2, 0.25) is 6.79 Å². The molecule has 2 aliphatic rings. The molecule has 5 nitrogen and oxygen atoms in total. The quantitative estimate of drug-likeness (QED) is 0.479. The molecule has 0 saturated carbocycles. The van der Waals surface area contributed by atoms with Gasteiger partial charge in [0.1, 0.15) is 10.1 Å². The topological polar surface area (TPSA) is 48.0 Å². The van der Waals surface area contributed by atoms with E-state index in [0.717, 1.165) is 5.56 Å². The van der Waals surface area contributed by atoms with E-state index in [2.05, 4.69) is 6.58 Å². The van der Waals surface area contributed by atoms with Gasteiger partial charge in [-0.2, -0.15) is 0 Å². The van der Waals surface area contributed by atoms with Crippen molar-refractivity contribution < 1.29 is 19.0 Å². The lowest BCUT2D eigenvalue weighted by molar-refractivity contribution is -0.121. The fraction of sp³-hybridized carbons (Fsp3) is 0.200. The first-order valence-electron chi connectivity index (χ1n) is 6.48. The fourth-order valence-corrected chi connectivity index (χ4v) is 3.42. The summed E-state index contributed by atoms with van der Waals surface area (Å²) in [6.07, 6.45) is 3.40. The number of carbonyl (C=O) groups excluding carboxylic acids is 1. The van der Waals surface area contributed by atoms with Crippen LogP contribution in [0.15, 0.2) is 29.7 Å². The van der Waals surface area contributed by atoms with Gasteiger partial charge >= 0.3 is 0 Å². The first-order chi connectivity index (χ1) is 10.6. The number of nitrogens with zero attached hydrogens (tertiary/aromatic N) is 1. The average molecular weight is 335 g/mol. The van der Waals surface area contributed by atoms with Crippen LogP contribution in [0.3, 0.4) is 0 Å². The van der Waals surface area contributed by atoms with Gasteiger partial charge in [0.15, 0.2) is 11.5 Å². The Morgan fingerprint density at radius 2 is 2.18 bits per heavy atom. The highest BCUT2D eigenvalue weighted by Crippen LogP contribution is 2.40. The van der Waals surface area contributed by atoms with Crippen LogP contribution in [0.5, 0.6) is 17.2 Å². The Kier molecular flexibility index (Phi) is 4.08. The zero-order valence-corrected chi connectivity index (χ0v) is 13.5. The largest absolute Gasteiger partial charge is 0.496 e. The van der Waals surface area contributed by atoms with Gasteiger partial charge in [-0.05, 0) is 12.1 Å². The molecule has 0 radical (unpaired) electrons. The van der Waals surface area contributed by atoms with Crippen molar-refractivity contribution in [2.75, 3.05) is 20.4 Å². The molecular weight excluding hydrogens is 322 g/mol. The van der Waals surface area contributed by atoms with E-state index in [1.165, 1.54) is 16.7 Å². The van der Waals surface area contributed by atoms with Crippen molar-refractivity contribution in [1.82, 2.24) is 4.90 Å². The number of hydrogen-bond acceptors (Lipinski definition) is 6. The molecule has 1 aromatic rings. The van der Waals surface area contributed by atoms with E-state index in [1.807, 2.05) is 0 Å². The van der Waals surface area contributed by atoms with Crippen LogP contribution in [-0.2, 0) is 4.79 Å². The lowest BCUT2D eigenvalue weighted by Crippen LogP contribution is -2.27. The lowest BCUT2D eigenvalue weighted by atomic mass is 10.1. The molecule has 2 aliphatic heterocycles. The molecule has 0 unspecified atom stereocenters. The molecule has 2 heterocycles. The van der Waals surface area contributed by atoms with Crippen LogP contribution < -0.4 is 14.2 Å². The van der Waals surface area contributed by atoms with E-state index in [-0.39, 0.29) is 12.7 Å². The molecular formula is C15H13NO4S2. The molecule has 3 rings (SSSR count). The summed E-state index contributed by atoms with van der Waals surface area (Å²) in [6, 6.07) is 3.54. The molecule has 1 fully saturated rings. The van der Waals surface area contributed by atoms with Crippen molar-refractivity contribution >= 4 is 40.3 Å². The Labute approximate surface area is 137 Å². The number of thiocarbonyl (C=S) groups is 1. The number of benzene rings is 1. The van der Waals surface area contributed by atoms with Gasteiger partial charge in [-0.25, -0.2) is 0 Å². The SMILES string of the molecule is C=CCN1C(=O)/C(=C/c2cc3c(cc2OC)OCO3)SC1=S. The third kappa shape index (κ3) is 2.57. The first kappa shape index (κ1) is 14.9. The van der Waals surface area contributed by atoms with Crippen LogP contribution in [0, 0.1) is 0 Å². The lowest BCUT2D eigenvalue weighted by Gasteiger charge is -2.10. The molecule has 0 aromatic heterocycles. The zero-order valence-electron chi connectivity index (χ0n) is 11.8. The summed E-state index contributed by atoms with van der Waals surface area (Å²) in [5, 5.41) is 0. The van der Waals surface area contributed by atoms with Crippen molar-refractivity contribution in [2.24, 2.45) is 0 Å². The number of methoxy groups -OCH3 is 1. The van der Waals surface area contributed by atoms with Crippen LogP contribution >= 0.6 is 24.0 Å². The number of hydrogen-bond donors (Lipinski definition) is 0. The second-order valence-electron chi connectivity index (χ2n) is 4.53. The number of thioether (sulfide) groups is 1. The standard InChI is InChI=1S/C15H13NO4S2/c1-3-4-16-14(17)13(22-15(16)21)6-9-5-11-12(20-8-19-11)7-10(9)18-2/h3,5-7H,1,4,8H2,2H3/b13-6-. The number of ether oxygens (including phenoxy) is 3. The van der Waals surface area contributed by atoms with E-state index >= 15 is 0 Å². The molecule has 1 aromatic carbocycles. The van der Waals surface area contributed by atoms with Crippen LogP contribution in [0.4, 0.5) is 0 Å². The summed E-state index contributed by atoms with van der Waals surface area (Å²) >= 11 is 6.48. The second kappa shape index (κ2) is 6.02. The monoisotopic (exact) mass is 335 g/mol. The molecule has 0 aliphatic carbocycles. The molecule has 0 atom stereocenters. The average Bonchev–Trinajstić information content (AvgIpc) is 3.06. The molecule has 0 N–H and O–H groups in total. The first-order valence-corrected chi connectivity index (χ1v) is 7.70. The highest BCUT2D eigenvalue weighted by molar-refractivity contribution is 8.26. The maximum Gasteiger partial charge on any atom is 0.266 e. The van der Waals surface area contributed by atoms with Crippen LogP contribution in [0.25, 0.3) is 6.08 Å². The van der Waals surface area contributed by atoms with Crippen molar-refractivity contribution in [2.45, 2.75) is 0 Å². The smallest absolute Gasteiger partial charge is 0.266 e. The minimum Gasteiger partial charge on any atom is -0.496 e. The molecule has 1 amide bonds. The minimum absolute atomic E-state index is 0.130. The van der Waals surface area contributed by atoms with Crippen molar-refractivity contribution in [3.63, 3.8) is 0 Å². The summed E-state index contributed by atoms with van der Waals surface area (Å²) < 4.78 is 16.6. The summed E-state index contributed by atoms with van der Waals surface area (Å²) in [7, 11) is 1.57. The Balaban J connectivity index is 1.97. The van der Waals surface area contributed by atoms with Gasteiger partial charge in [-0.1, -0.05) is 30.1 Å². The minimum atomic E-state index is -0.130. The normalized spacial score (nSPS) is 18.2. The van der Waals surface area contributed by atoms with Gasteiger partial charge in [-0.3, -0.25) is 9.69 Å². The highest BCUT2D eigenvalue weighted by atomic mass is 32.2. The predicted molar refractivity (Wildman–Crippen MR) is 89.2 cm³/mol. The Morgan fingerprint density at radius 1 is 1.45 bits per heavy atom. The number of carbonyl (C=O) groups is 1. The third-order valence-electron chi connectivity index (χ3n) is 3.20. The summed E-state index contributed by atoms with van der Waals surface area (Å²) in [6.45, 7) is 4.22. The van der Waals surface area contributed by atoms with Crippen molar-refractivity contribution in [1.29, 1.82) is 0 Å². The van der Waals surface area contributed by atoms with Crippen LogP contribution in [-0.4, -0.2) is 35.6 Å².